The Bertz CT molecular complexity index is 873. The number of halogens is 1. The molecule has 7 nitrogen and oxygen atoms in total. The van der Waals surface area contributed by atoms with Crippen molar-refractivity contribution in [1.82, 2.24) is 14.3 Å². The molecule has 1 aromatic heterocycles. The van der Waals surface area contributed by atoms with Gasteiger partial charge in [-0.3, -0.25) is 4.79 Å². The van der Waals surface area contributed by atoms with E-state index in [1.54, 1.807) is 0 Å². The fourth-order valence-corrected chi connectivity index (χ4v) is 5.02. The Labute approximate surface area is 192 Å². The van der Waals surface area contributed by atoms with E-state index >= 15 is 0 Å². The lowest BCUT2D eigenvalue weighted by molar-refractivity contribution is -0.187. The molecule has 0 atom stereocenters. The molecule has 2 saturated heterocycles. The number of carbonyl (C=O) groups is 1. The number of nitrogens with zero attached hydrogens (tertiary/aromatic N) is 4. The lowest BCUT2D eigenvalue weighted by Crippen LogP contribution is -2.48. The third kappa shape index (κ3) is 5.55. The van der Waals surface area contributed by atoms with Crippen molar-refractivity contribution in [3.63, 3.8) is 0 Å². The summed E-state index contributed by atoms with van der Waals surface area (Å²) in [6, 6.07) is 7.97. The smallest absolute Gasteiger partial charge is 0.224 e. The van der Waals surface area contributed by atoms with Crippen LogP contribution in [0.15, 0.2) is 24.3 Å². The van der Waals surface area contributed by atoms with Gasteiger partial charge in [-0.15, -0.1) is 0 Å². The second-order valence-electron chi connectivity index (χ2n) is 8.32. The van der Waals surface area contributed by atoms with E-state index < -0.39 is 5.79 Å². The molecule has 31 heavy (non-hydrogen) atoms. The fourth-order valence-electron chi connectivity index (χ4n) is 4.05. The molecule has 0 saturated carbocycles. The van der Waals surface area contributed by atoms with Gasteiger partial charge in [0.1, 0.15) is 5.82 Å². The highest BCUT2D eigenvalue weighted by Gasteiger charge is 2.40. The molecule has 2 aliphatic heterocycles. The van der Waals surface area contributed by atoms with Gasteiger partial charge in [0.2, 0.25) is 11.0 Å². The van der Waals surface area contributed by atoms with Crippen molar-refractivity contribution in [2.45, 2.75) is 51.4 Å². The summed E-state index contributed by atoms with van der Waals surface area (Å²) in [5.74, 6) is 0.509. The van der Waals surface area contributed by atoms with Gasteiger partial charge in [-0.25, -0.2) is 4.98 Å². The number of carbonyl (C=O) groups excluding carboxylic acids is 1. The van der Waals surface area contributed by atoms with E-state index in [1.165, 1.54) is 11.5 Å². The van der Waals surface area contributed by atoms with Crippen LogP contribution in [0.1, 0.15) is 44.5 Å². The van der Waals surface area contributed by atoms with Crippen LogP contribution in [0.4, 0.5) is 5.13 Å². The lowest BCUT2D eigenvalue weighted by Gasteiger charge is -2.38. The summed E-state index contributed by atoms with van der Waals surface area (Å²) in [5.41, 5.74) is 1.12. The lowest BCUT2D eigenvalue weighted by atomic mass is 10.0. The number of likely N-dealkylation sites (tertiary alicyclic amines) is 1. The summed E-state index contributed by atoms with van der Waals surface area (Å²) in [5, 5.41) is 1.58. The SMILES string of the molecule is CC(C)N(CCC(=O)N1CCC2(CC1)OCCO2)c1nc(Cc2ccc(Cl)cc2)ns1. The minimum Gasteiger partial charge on any atom is -0.347 e. The Morgan fingerprint density at radius 3 is 2.55 bits per heavy atom. The Morgan fingerprint density at radius 1 is 1.23 bits per heavy atom. The van der Waals surface area contributed by atoms with Crippen molar-refractivity contribution in [3.8, 4) is 0 Å². The number of aromatic nitrogens is 2. The molecule has 0 unspecified atom stereocenters. The Hall–Kier alpha value is -1.74. The first-order valence-corrected chi connectivity index (χ1v) is 12.0. The van der Waals surface area contributed by atoms with Gasteiger partial charge in [0.25, 0.3) is 0 Å². The number of anilines is 1. The van der Waals surface area contributed by atoms with Crippen LogP contribution in [-0.4, -0.2) is 64.8 Å². The predicted molar refractivity (Wildman–Crippen MR) is 122 cm³/mol. The molecule has 1 aromatic carbocycles. The van der Waals surface area contributed by atoms with Crippen molar-refractivity contribution < 1.29 is 14.3 Å². The van der Waals surface area contributed by atoms with E-state index in [0.29, 0.717) is 45.7 Å². The van der Waals surface area contributed by atoms with Gasteiger partial charge in [-0.1, -0.05) is 23.7 Å². The molecule has 0 bridgehead atoms. The normalized spacial score (nSPS) is 18.1. The van der Waals surface area contributed by atoms with E-state index in [2.05, 4.69) is 23.1 Å². The van der Waals surface area contributed by atoms with Crippen LogP contribution in [0.3, 0.4) is 0 Å². The number of hydrogen-bond donors (Lipinski definition) is 0. The quantitative estimate of drug-likeness (QED) is 0.621. The first-order valence-electron chi connectivity index (χ1n) is 10.8. The van der Waals surface area contributed by atoms with Gasteiger partial charge in [0.15, 0.2) is 5.79 Å². The molecule has 168 valence electrons. The van der Waals surface area contributed by atoms with E-state index in [1.807, 2.05) is 29.2 Å². The number of rotatable bonds is 7. The topological polar surface area (TPSA) is 67.8 Å². The summed E-state index contributed by atoms with van der Waals surface area (Å²) >= 11 is 7.35. The van der Waals surface area contributed by atoms with Crippen molar-refractivity contribution >= 4 is 34.2 Å². The number of piperidine rings is 1. The van der Waals surface area contributed by atoms with E-state index in [9.17, 15) is 4.79 Å². The van der Waals surface area contributed by atoms with Gasteiger partial charge in [0.05, 0.1) is 13.2 Å². The van der Waals surface area contributed by atoms with Gasteiger partial charge in [-0.2, -0.15) is 4.37 Å². The molecule has 4 rings (SSSR count). The molecule has 3 heterocycles. The standard InChI is InChI=1S/C22H29ClN4O3S/c1-16(2)27(21-24-19(25-31-21)15-17-3-5-18(23)6-4-17)10-7-20(28)26-11-8-22(9-12-26)29-13-14-30-22/h3-6,16H,7-15H2,1-2H3. The van der Waals surface area contributed by atoms with E-state index in [4.69, 9.17) is 26.1 Å². The average Bonchev–Trinajstić information content (AvgIpc) is 3.40. The van der Waals surface area contributed by atoms with Crippen LogP contribution in [0, 0.1) is 0 Å². The summed E-state index contributed by atoms with van der Waals surface area (Å²) in [4.78, 5) is 21.6. The molecule has 2 aliphatic rings. The number of ether oxygens (including phenoxy) is 2. The maximum Gasteiger partial charge on any atom is 0.224 e. The second kappa shape index (κ2) is 9.81. The zero-order chi connectivity index (χ0) is 21.8. The molecule has 1 amide bonds. The first-order chi connectivity index (χ1) is 14.9. The van der Waals surface area contributed by atoms with E-state index in [0.717, 1.165) is 34.4 Å². The number of hydrogen-bond acceptors (Lipinski definition) is 7. The minimum absolute atomic E-state index is 0.171. The van der Waals surface area contributed by atoms with Crippen LogP contribution in [0.2, 0.25) is 5.02 Å². The summed E-state index contributed by atoms with van der Waals surface area (Å²) < 4.78 is 16.0. The maximum absolute atomic E-state index is 12.8. The maximum atomic E-state index is 12.8. The zero-order valence-corrected chi connectivity index (χ0v) is 19.6. The van der Waals surface area contributed by atoms with Crippen LogP contribution in [-0.2, 0) is 20.7 Å². The van der Waals surface area contributed by atoms with E-state index in [-0.39, 0.29) is 11.9 Å². The summed E-state index contributed by atoms with van der Waals surface area (Å²) in [6.07, 6.45) is 2.62. The van der Waals surface area contributed by atoms with Crippen LogP contribution >= 0.6 is 23.1 Å². The van der Waals surface area contributed by atoms with Gasteiger partial charge < -0.3 is 19.3 Å². The highest BCUT2D eigenvalue weighted by atomic mass is 35.5. The second-order valence-corrected chi connectivity index (χ2v) is 9.49. The zero-order valence-electron chi connectivity index (χ0n) is 18.1. The highest BCUT2D eigenvalue weighted by molar-refractivity contribution is 7.09. The Kier molecular flexibility index (Phi) is 7.11. The molecular formula is C22H29ClN4O3S. The average molecular weight is 465 g/mol. The largest absolute Gasteiger partial charge is 0.347 e. The molecule has 2 fully saturated rings. The monoisotopic (exact) mass is 464 g/mol. The van der Waals surface area contributed by atoms with Crippen LogP contribution in [0.25, 0.3) is 0 Å². The third-order valence-corrected chi connectivity index (χ3v) is 6.90. The Morgan fingerprint density at radius 2 is 1.90 bits per heavy atom. The fraction of sp³-hybridized carbons (Fsp3) is 0.591. The predicted octanol–water partition coefficient (Wildman–Crippen LogP) is 3.75. The molecule has 0 aliphatic carbocycles. The molecular weight excluding hydrogens is 436 g/mol. The van der Waals surface area contributed by atoms with Crippen molar-refractivity contribution in [1.29, 1.82) is 0 Å². The van der Waals surface area contributed by atoms with Crippen molar-refractivity contribution in [2.24, 2.45) is 0 Å². The van der Waals surface area contributed by atoms with Crippen LogP contribution < -0.4 is 4.90 Å². The number of benzene rings is 1. The van der Waals surface area contributed by atoms with Crippen LogP contribution in [0.5, 0.6) is 0 Å². The first kappa shape index (κ1) is 22.5. The molecule has 1 spiro atoms. The minimum atomic E-state index is -0.451. The molecule has 0 radical (unpaired) electrons. The third-order valence-electron chi connectivity index (χ3n) is 5.86. The summed E-state index contributed by atoms with van der Waals surface area (Å²) in [7, 11) is 0. The molecule has 0 N–H and O–H groups in total. The Balaban J connectivity index is 1.31. The van der Waals surface area contributed by atoms with Gasteiger partial charge >= 0.3 is 0 Å². The van der Waals surface area contributed by atoms with Crippen molar-refractivity contribution in [2.75, 3.05) is 37.7 Å². The number of amides is 1. The van der Waals surface area contributed by atoms with Gasteiger partial charge in [0, 0.05) is 67.9 Å². The van der Waals surface area contributed by atoms with Gasteiger partial charge in [-0.05, 0) is 31.5 Å². The van der Waals surface area contributed by atoms with Crippen molar-refractivity contribution in [3.05, 3.63) is 40.7 Å². The molecule has 9 heteroatoms. The molecule has 2 aromatic rings. The highest BCUT2D eigenvalue weighted by Crippen LogP contribution is 2.31. The summed E-state index contributed by atoms with van der Waals surface area (Å²) in [6.45, 7) is 7.53.